The first-order chi connectivity index (χ1) is 13.3. The van der Waals surface area contributed by atoms with Crippen molar-refractivity contribution in [3.8, 4) is 0 Å². The maximum absolute atomic E-state index is 9.38. The van der Waals surface area contributed by atoms with Crippen LogP contribution in [0.4, 0.5) is 5.69 Å². The van der Waals surface area contributed by atoms with E-state index in [-0.39, 0.29) is 6.61 Å². The van der Waals surface area contributed by atoms with Gasteiger partial charge >= 0.3 is 0 Å². The molecule has 0 atom stereocenters. The van der Waals surface area contributed by atoms with E-state index in [2.05, 4.69) is 43.4 Å². The van der Waals surface area contributed by atoms with Crippen molar-refractivity contribution in [2.75, 3.05) is 19.7 Å². The van der Waals surface area contributed by atoms with Crippen LogP contribution in [0.2, 0.25) is 0 Å². The molecule has 1 aromatic heterocycles. The quantitative estimate of drug-likeness (QED) is 0.649. The van der Waals surface area contributed by atoms with Gasteiger partial charge in [-0.3, -0.25) is 5.01 Å². The maximum Gasteiger partial charge on any atom is 0.163 e. The molecule has 2 aromatic carbocycles. The number of aryl methyl sites for hydroxylation is 1. The molecule has 4 rings (SSSR count). The largest absolute Gasteiger partial charge is 0.395 e. The lowest BCUT2D eigenvalue weighted by atomic mass is 10.2. The van der Waals surface area contributed by atoms with Gasteiger partial charge in [0.25, 0.3) is 0 Å². The molecule has 0 bridgehead atoms. The third-order valence-electron chi connectivity index (χ3n) is 4.74. The Morgan fingerprint density at radius 1 is 1.04 bits per heavy atom. The zero-order valence-electron chi connectivity index (χ0n) is 15.3. The summed E-state index contributed by atoms with van der Waals surface area (Å²) in [6, 6.07) is 18.4. The average Bonchev–Trinajstić information content (AvgIpc) is 3.21. The Labute approximate surface area is 158 Å². The summed E-state index contributed by atoms with van der Waals surface area (Å²) in [4.78, 5) is 3.35. The van der Waals surface area contributed by atoms with Crippen molar-refractivity contribution in [3.63, 3.8) is 0 Å². The molecule has 0 amide bonds. The molecule has 2 heterocycles. The molecule has 2 N–H and O–H groups in total. The van der Waals surface area contributed by atoms with Crippen LogP contribution in [0, 0.1) is 6.92 Å². The Kier molecular flexibility index (Phi) is 5.00. The van der Waals surface area contributed by atoms with Crippen molar-refractivity contribution in [2.45, 2.75) is 13.5 Å². The minimum Gasteiger partial charge on any atom is -0.395 e. The first-order valence-electron chi connectivity index (χ1n) is 9.12. The fourth-order valence-corrected chi connectivity index (χ4v) is 3.39. The number of nitrogens with one attached hydrogen (secondary N) is 1. The van der Waals surface area contributed by atoms with Crippen LogP contribution in [0.25, 0.3) is 10.9 Å². The molecule has 0 aliphatic carbocycles. The number of aromatic amines is 1. The summed E-state index contributed by atoms with van der Waals surface area (Å²) >= 11 is 0. The Morgan fingerprint density at radius 3 is 2.63 bits per heavy atom. The second-order valence-electron chi connectivity index (χ2n) is 6.59. The molecule has 0 radical (unpaired) electrons. The van der Waals surface area contributed by atoms with Gasteiger partial charge in [-0.1, -0.05) is 48.5 Å². The highest BCUT2D eigenvalue weighted by Gasteiger charge is 2.23. The zero-order valence-corrected chi connectivity index (χ0v) is 15.3. The minimum absolute atomic E-state index is 0.102. The normalized spacial score (nSPS) is 15.2. The fourth-order valence-electron chi connectivity index (χ4n) is 3.39. The van der Waals surface area contributed by atoms with Gasteiger partial charge in [0.15, 0.2) is 5.82 Å². The summed E-state index contributed by atoms with van der Waals surface area (Å²) in [5, 5.41) is 23.7. The Balaban J connectivity index is 1.60. The van der Waals surface area contributed by atoms with Crippen LogP contribution in [0.15, 0.2) is 76.7 Å². The standard InChI is InChI=1S/C21H23N5O/c1-16-21(18-9-5-6-10-19(18)22-16)24-23-20-11-12-25(13-14-27)26(20)15-17-7-3-2-4-8-17/h2-11,22,27H,12-15H2,1H3. The molecule has 138 valence electrons. The van der Waals surface area contributed by atoms with E-state index in [0.717, 1.165) is 28.1 Å². The van der Waals surface area contributed by atoms with Gasteiger partial charge in [-0.15, -0.1) is 10.2 Å². The highest BCUT2D eigenvalue weighted by molar-refractivity contribution is 5.92. The molecule has 0 saturated carbocycles. The predicted octanol–water partition coefficient (Wildman–Crippen LogP) is 4.13. The Hall–Kier alpha value is -2.96. The van der Waals surface area contributed by atoms with E-state index in [1.165, 1.54) is 5.56 Å². The summed E-state index contributed by atoms with van der Waals surface area (Å²) in [5.74, 6) is 0.803. The number of nitrogens with zero attached hydrogens (tertiary/aromatic N) is 4. The second kappa shape index (κ2) is 7.73. The molecule has 6 nitrogen and oxygen atoms in total. The van der Waals surface area contributed by atoms with Crippen LogP contribution in [0.1, 0.15) is 11.3 Å². The van der Waals surface area contributed by atoms with E-state index < -0.39 is 0 Å². The van der Waals surface area contributed by atoms with E-state index in [1.807, 2.05) is 49.4 Å². The first kappa shape index (κ1) is 17.5. The molecule has 27 heavy (non-hydrogen) atoms. The summed E-state index contributed by atoms with van der Waals surface area (Å²) in [6.07, 6.45) is 2.05. The van der Waals surface area contributed by atoms with E-state index in [9.17, 15) is 5.11 Å². The van der Waals surface area contributed by atoms with Crippen molar-refractivity contribution in [1.82, 2.24) is 15.0 Å². The highest BCUT2D eigenvalue weighted by atomic mass is 16.3. The summed E-state index contributed by atoms with van der Waals surface area (Å²) < 4.78 is 0. The van der Waals surface area contributed by atoms with Gasteiger partial charge in [0.05, 0.1) is 13.2 Å². The van der Waals surface area contributed by atoms with E-state index >= 15 is 0 Å². The first-order valence-corrected chi connectivity index (χ1v) is 9.12. The number of hydrogen-bond acceptors (Lipinski definition) is 5. The number of H-pyrrole nitrogens is 1. The van der Waals surface area contributed by atoms with Crippen LogP contribution >= 0.6 is 0 Å². The van der Waals surface area contributed by atoms with E-state index in [0.29, 0.717) is 19.6 Å². The van der Waals surface area contributed by atoms with Gasteiger partial charge < -0.3 is 10.1 Å². The van der Waals surface area contributed by atoms with E-state index in [4.69, 9.17) is 0 Å². The molecular formula is C21H23N5O. The number of benzene rings is 2. The van der Waals surface area contributed by atoms with Gasteiger partial charge in [0, 0.05) is 29.7 Å². The summed E-state index contributed by atoms with van der Waals surface area (Å²) in [7, 11) is 0. The molecule has 0 fully saturated rings. The SMILES string of the molecule is Cc1[nH]c2ccccc2c1N=NC1=CCN(CCO)N1Cc1ccccc1. The summed E-state index contributed by atoms with van der Waals surface area (Å²) in [6.45, 7) is 4.09. The minimum atomic E-state index is 0.102. The lowest BCUT2D eigenvalue weighted by molar-refractivity contribution is 0.0153. The van der Waals surface area contributed by atoms with Crippen LogP contribution in [-0.4, -0.2) is 39.8 Å². The van der Waals surface area contributed by atoms with Gasteiger partial charge in [-0.25, -0.2) is 5.01 Å². The predicted molar refractivity (Wildman–Crippen MR) is 106 cm³/mol. The smallest absolute Gasteiger partial charge is 0.163 e. The number of hydrogen-bond donors (Lipinski definition) is 2. The number of azo groups is 1. The molecule has 0 spiro atoms. The number of β-amino-alcohol motifs (C(OH)–C–C–N with tert-alkyl or cyclic N) is 1. The van der Waals surface area contributed by atoms with Crippen molar-refractivity contribution in [2.24, 2.45) is 10.2 Å². The van der Waals surface area contributed by atoms with Crippen LogP contribution < -0.4 is 0 Å². The number of aliphatic hydroxyl groups is 1. The number of para-hydroxylation sites is 1. The van der Waals surface area contributed by atoms with Crippen LogP contribution in [0.3, 0.4) is 0 Å². The lowest BCUT2D eigenvalue weighted by Crippen LogP contribution is -2.38. The molecule has 6 heteroatoms. The average molecular weight is 361 g/mol. The molecule has 1 aliphatic heterocycles. The topological polar surface area (TPSA) is 67.2 Å². The van der Waals surface area contributed by atoms with Crippen molar-refractivity contribution in [3.05, 3.63) is 77.8 Å². The molecule has 0 unspecified atom stereocenters. The van der Waals surface area contributed by atoms with Gasteiger partial charge in [0.2, 0.25) is 0 Å². The van der Waals surface area contributed by atoms with Crippen molar-refractivity contribution >= 4 is 16.6 Å². The monoisotopic (exact) mass is 361 g/mol. The van der Waals surface area contributed by atoms with Gasteiger partial charge in [0.1, 0.15) is 5.69 Å². The number of aromatic nitrogens is 1. The molecule has 3 aromatic rings. The molecule has 0 saturated heterocycles. The number of rotatable bonds is 6. The zero-order chi connectivity index (χ0) is 18.6. The molecule has 1 aliphatic rings. The Bertz CT molecular complexity index is 977. The Morgan fingerprint density at radius 2 is 1.81 bits per heavy atom. The van der Waals surface area contributed by atoms with Gasteiger partial charge in [-0.05, 0) is 24.6 Å². The lowest BCUT2D eigenvalue weighted by Gasteiger charge is -2.30. The molecular weight excluding hydrogens is 338 g/mol. The maximum atomic E-state index is 9.38. The number of aliphatic hydroxyl groups excluding tert-OH is 1. The number of fused-ring (bicyclic) bond motifs is 1. The third kappa shape index (κ3) is 3.63. The van der Waals surface area contributed by atoms with Crippen molar-refractivity contribution < 1.29 is 5.11 Å². The third-order valence-corrected chi connectivity index (χ3v) is 4.74. The summed E-state index contributed by atoms with van der Waals surface area (Å²) in [5.41, 5.74) is 4.12. The van der Waals surface area contributed by atoms with Gasteiger partial charge in [-0.2, -0.15) is 0 Å². The highest BCUT2D eigenvalue weighted by Crippen LogP contribution is 2.31. The fraction of sp³-hybridized carbons (Fsp3) is 0.238. The van der Waals surface area contributed by atoms with Crippen molar-refractivity contribution in [1.29, 1.82) is 0 Å². The van der Waals surface area contributed by atoms with E-state index in [1.54, 1.807) is 0 Å². The van der Waals surface area contributed by atoms with Crippen LogP contribution in [0.5, 0.6) is 0 Å². The van der Waals surface area contributed by atoms with Crippen LogP contribution in [-0.2, 0) is 6.54 Å². The number of hydrazine groups is 1. The second-order valence-corrected chi connectivity index (χ2v) is 6.59.